The number of amides is 1. The summed E-state index contributed by atoms with van der Waals surface area (Å²) in [5, 5.41) is 15.3. The molecule has 0 saturated carbocycles. The van der Waals surface area contributed by atoms with Crippen molar-refractivity contribution in [3.05, 3.63) is 70.3 Å². The fraction of sp³-hybridized carbons (Fsp3) is 0.105. The molecule has 0 fully saturated rings. The number of hydrogen-bond acceptors (Lipinski definition) is 6. The quantitative estimate of drug-likeness (QED) is 0.490. The summed E-state index contributed by atoms with van der Waals surface area (Å²) in [4.78, 5) is 27.1. The van der Waals surface area contributed by atoms with Gasteiger partial charge in [-0.2, -0.15) is 9.61 Å². The second-order valence-electron chi connectivity index (χ2n) is 6.23. The van der Waals surface area contributed by atoms with Gasteiger partial charge < -0.3 is 5.32 Å². The van der Waals surface area contributed by atoms with Gasteiger partial charge in [0.15, 0.2) is 5.69 Å². The zero-order chi connectivity index (χ0) is 20.4. The van der Waals surface area contributed by atoms with Gasteiger partial charge in [0.1, 0.15) is 5.82 Å². The Labute approximate surface area is 168 Å². The second-order valence-corrected chi connectivity index (χ2v) is 7.17. The maximum absolute atomic E-state index is 12.9. The van der Waals surface area contributed by atoms with Gasteiger partial charge in [-0.1, -0.05) is 41.6 Å². The molecule has 0 unspecified atom stereocenters. The third kappa shape index (κ3) is 4.16. The molecule has 4 rings (SSSR count). The number of aromatic amines is 1. The van der Waals surface area contributed by atoms with E-state index in [4.69, 9.17) is 0 Å². The third-order valence-corrected chi connectivity index (χ3v) is 4.96. The maximum atomic E-state index is 12.9. The molecule has 4 aromatic rings. The first-order chi connectivity index (χ1) is 14.0. The van der Waals surface area contributed by atoms with Crippen LogP contribution in [0.1, 0.15) is 5.56 Å². The molecule has 2 N–H and O–H groups in total. The van der Waals surface area contributed by atoms with E-state index in [9.17, 15) is 14.0 Å². The van der Waals surface area contributed by atoms with Gasteiger partial charge in [-0.05, 0) is 31.2 Å². The number of aryl methyl sites for hydroxylation is 1. The number of fused-ring (bicyclic) bond motifs is 1. The van der Waals surface area contributed by atoms with E-state index >= 15 is 0 Å². The van der Waals surface area contributed by atoms with Crippen LogP contribution in [-0.2, 0) is 4.79 Å². The zero-order valence-corrected chi connectivity index (χ0v) is 16.0. The topological polar surface area (TPSA) is 105 Å². The summed E-state index contributed by atoms with van der Waals surface area (Å²) in [5.41, 5.74) is 2.08. The van der Waals surface area contributed by atoms with Crippen molar-refractivity contribution in [2.45, 2.75) is 12.1 Å². The number of nitrogens with one attached hydrogen (secondary N) is 2. The van der Waals surface area contributed by atoms with Crippen LogP contribution in [0.2, 0.25) is 0 Å². The highest BCUT2D eigenvalue weighted by Crippen LogP contribution is 2.18. The van der Waals surface area contributed by atoms with Gasteiger partial charge in [0.2, 0.25) is 11.1 Å². The monoisotopic (exact) mass is 410 g/mol. The summed E-state index contributed by atoms with van der Waals surface area (Å²) >= 11 is 1.12. The Hall–Kier alpha value is -3.53. The van der Waals surface area contributed by atoms with Crippen LogP contribution < -0.4 is 10.9 Å². The number of rotatable bonds is 5. The minimum atomic E-state index is -0.378. The predicted octanol–water partition coefficient (Wildman–Crippen LogP) is 2.66. The molecule has 0 radical (unpaired) electrons. The van der Waals surface area contributed by atoms with Crippen LogP contribution >= 0.6 is 11.8 Å². The van der Waals surface area contributed by atoms with Crippen LogP contribution in [0.3, 0.4) is 0 Å². The minimum absolute atomic E-state index is 0.0405. The first-order valence-electron chi connectivity index (χ1n) is 8.60. The number of nitrogens with zero attached hydrogens (tertiary/aromatic N) is 4. The van der Waals surface area contributed by atoms with E-state index < -0.39 is 0 Å². The van der Waals surface area contributed by atoms with Crippen molar-refractivity contribution in [1.82, 2.24) is 24.8 Å². The van der Waals surface area contributed by atoms with Crippen LogP contribution in [0.15, 0.2) is 58.5 Å². The summed E-state index contributed by atoms with van der Waals surface area (Å²) in [5.74, 6) is -0.440. The van der Waals surface area contributed by atoms with Gasteiger partial charge in [-0.15, -0.1) is 10.2 Å². The summed E-state index contributed by atoms with van der Waals surface area (Å²) < 4.78 is 14.3. The first-order valence-corrected chi connectivity index (χ1v) is 9.59. The Morgan fingerprint density at radius 1 is 1.14 bits per heavy atom. The Balaban J connectivity index is 1.54. The standard InChI is InChI=1S/C19H15FN6O2S/c1-11-2-4-12(5-3-11)16-17(28)22-18-23-24-19(26(18)25-16)29-10-15(27)21-14-8-6-13(20)7-9-14/h2-9H,10H2,1H3,(H,21,27)(H,22,23,28). The third-order valence-electron chi connectivity index (χ3n) is 4.04. The lowest BCUT2D eigenvalue weighted by atomic mass is 10.1. The molecule has 146 valence electrons. The highest BCUT2D eigenvalue weighted by Gasteiger charge is 2.14. The average molecular weight is 410 g/mol. The second kappa shape index (κ2) is 7.84. The predicted molar refractivity (Wildman–Crippen MR) is 107 cm³/mol. The number of hydrogen-bond donors (Lipinski definition) is 2. The largest absolute Gasteiger partial charge is 0.325 e. The molecule has 0 saturated heterocycles. The lowest BCUT2D eigenvalue weighted by Gasteiger charge is -2.05. The number of thioether (sulfide) groups is 1. The molecule has 1 amide bonds. The highest BCUT2D eigenvalue weighted by molar-refractivity contribution is 7.99. The van der Waals surface area contributed by atoms with Crippen molar-refractivity contribution in [3.8, 4) is 11.3 Å². The summed E-state index contributed by atoms with van der Waals surface area (Å²) in [6, 6.07) is 12.9. The van der Waals surface area contributed by atoms with Crippen molar-refractivity contribution in [3.63, 3.8) is 0 Å². The van der Waals surface area contributed by atoms with E-state index in [-0.39, 0.29) is 34.5 Å². The summed E-state index contributed by atoms with van der Waals surface area (Å²) in [6.07, 6.45) is 0. The van der Waals surface area contributed by atoms with E-state index in [0.717, 1.165) is 17.3 Å². The van der Waals surface area contributed by atoms with Crippen LogP contribution in [0.25, 0.3) is 17.0 Å². The van der Waals surface area contributed by atoms with Gasteiger partial charge in [-0.3, -0.25) is 14.6 Å². The van der Waals surface area contributed by atoms with Crippen molar-refractivity contribution >= 4 is 29.1 Å². The van der Waals surface area contributed by atoms with Crippen molar-refractivity contribution < 1.29 is 9.18 Å². The molecule has 0 spiro atoms. The molecule has 0 bridgehead atoms. The number of aromatic nitrogens is 5. The molecule has 0 atom stereocenters. The maximum Gasteiger partial charge on any atom is 0.279 e. The SMILES string of the molecule is Cc1ccc(-c2nn3c(SCC(=O)Nc4ccc(F)cc4)nnc3[nH]c2=O)cc1. The van der Waals surface area contributed by atoms with E-state index in [1.54, 1.807) is 0 Å². The fourth-order valence-corrected chi connectivity index (χ4v) is 3.27. The van der Waals surface area contributed by atoms with Crippen LogP contribution in [0, 0.1) is 12.7 Å². The number of benzene rings is 2. The lowest BCUT2D eigenvalue weighted by Crippen LogP contribution is -2.16. The number of H-pyrrole nitrogens is 1. The van der Waals surface area contributed by atoms with Crippen LogP contribution in [0.5, 0.6) is 0 Å². The Morgan fingerprint density at radius 3 is 2.59 bits per heavy atom. The number of carbonyl (C=O) groups excluding carboxylic acids is 1. The minimum Gasteiger partial charge on any atom is -0.325 e. The van der Waals surface area contributed by atoms with Crippen molar-refractivity contribution in [1.29, 1.82) is 0 Å². The smallest absolute Gasteiger partial charge is 0.279 e. The molecule has 0 aliphatic carbocycles. The Bertz CT molecular complexity index is 1230. The fourth-order valence-electron chi connectivity index (χ4n) is 2.59. The van der Waals surface area contributed by atoms with Gasteiger partial charge in [0.05, 0.1) is 5.75 Å². The van der Waals surface area contributed by atoms with Gasteiger partial charge >= 0.3 is 0 Å². The highest BCUT2D eigenvalue weighted by atomic mass is 32.2. The summed E-state index contributed by atoms with van der Waals surface area (Å²) in [6.45, 7) is 1.95. The van der Waals surface area contributed by atoms with E-state index in [1.807, 2.05) is 31.2 Å². The zero-order valence-electron chi connectivity index (χ0n) is 15.2. The first kappa shape index (κ1) is 18.8. The van der Waals surface area contributed by atoms with E-state index in [1.165, 1.54) is 28.8 Å². The molecular weight excluding hydrogens is 395 g/mol. The number of carbonyl (C=O) groups is 1. The van der Waals surface area contributed by atoms with Crippen molar-refractivity contribution in [2.24, 2.45) is 0 Å². The molecule has 8 nitrogen and oxygen atoms in total. The average Bonchev–Trinajstić information content (AvgIpc) is 3.10. The number of halogens is 1. The van der Waals surface area contributed by atoms with Crippen molar-refractivity contribution in [2.75, 3.05) is 11.1 Å². The summed E-state index contributed by atoms with van der Waals surface area (Å²) in [7, 11) is 0. The molecule has 10 heteroatoms. The lowest BCUT2D eigenvalue weighted by molar-refractivity contribution is -0.113. The normalized spacial score (nSPS) is 11.0. The van der Waals surface area contributed by atoms with Gasteiger partial charge in [0.25, 0.3) is 11.3 Å². The Morgan fingerprint density at radius 2 is 1.86 bits per heavy atom. The van der Waals surface area contributed by atoms with E-state index in [2.05, 4.69) is 25.6 Å². The molecule has 0 aliphatic rings. The Kier molecular flexibility index (Phi) is 5.09. The molecule has 2 heterocycles. The molecular formula is C19H15FN6O2S. The number of anilines is 1. The van der Waals surface area contributed by atoms with Crippen LogP contribution in [0.4, 0.5) is 10.1 Å². The van der Waals surface area contributed by atoms with Gasteiger partial charge in [-0.25, -0.2) is 4.39 Å². The molecule has 29 heavy (non-hydrogen) atoms. The van der Waals surface area contributed by atoms with Crippen LogP contribution in [-0.4, -0.2) is 36.5 Å². The molecule has 0 aliphatic heterocycles. The molecule has 2 aromatic carbocycles. The molecule has 2 aromatic heterocycles. The van der Waals surface area contributed by atoms with E-state index in [0.29, 0.717) is 16.4 Å². The van der Waals surface area contributed by atoms with Gasteiger partial charge in [0, 0.05) is 11.3 Å².